The summed E-state index contributed by atoms with van der Waals surface area (Å²) in [7, 11) is 0. The van der Waals surface area contributed by atoms with Crippen LogP contribution in [0, 0.1) is 11.8 Å². The number of alkyl halides is 1. The molecule has 0 bridgehead atoms. The summed E-state index contributed by atoms with van der Waals surface area (Å²) in [4.78, 5) is 2.76. The van der Waals surface area contributed by atoms with E-state index < -0.39 is 0 Å². The highest BCUT2D eigenvalue weighted by Gasteiger charge is 2.20. The van der Waals surface area contributed by atoms with Crippen LogP contribution in [0.5, 0.6) is 0 Å². The van der Waals surface area contributed by atoms with Crippen LogP contribution in [0.4, 0.5) is 0 Å². The molecule has 0 aliphatic carbocycles. The predicted molar refractivity (Wildman–Crippen MR) is 66.3 cm³/mol. The zero-order chi connectivity index (χ0) is 10.7. The lowest BCUT2D eigenvalue weighted by molar-refractivity contribution is 0.409. The molecule has 0 aliphatic rings. The second-order valence-corrected chi connectivity index (χ2v) is 5.83. The second kappa shape index (κ2) is 5.18. The van der Waals surface area contributed by atoms with Gasteiger partial charge in [0.15, 0.2) is 0 Å². The highest BCUT2D eigenvalue weighted by atomic mass is 35.5. The summed E-state index contributed by atoms with van der Waals surface area (Å²) in [5.41, 5.74) is 0. The molecule has 2 heteroatoms. The Morgan fingerprint density at radius 3 is 2.36 bits per heavy atom. The first-order valence-corrected chi connectivity index (χ1v) is 6.54. The van der Waals surface area contributed by atoms with Crippen LogP contribution in [-0.4, -0.2) is 0 Å². The molecular formula is C12H19ClS. The summed E-state index contributed by atoms with van der Waals surface area (Å²) in [6, 6.07) is 4.38. The van der Waals surface area contributed by atoms with Crippen molar-refractivity contribution < 1.29 is 0 Å². The van der Waals surface area contributed by atoms with Gasteiger partial charge in [-0.25, -0.2) is 0 Å². The Kier molecular flexibility index (Phi) is 4.46. The van der Waals surface area contributed by atoms with E-state index in [-0.39, 0.29) is 5.38 Å². The number of hydrogen-bond acceptors (Lipinski definition) is 1. The maximum Gasteiger partial charge on any atom is 0.0706 e. The van der Waals surface area contributed by atoms with Crippen molar-refractivity contribution in [2.45, 2.75) is 39.5 Å². The van der Waals surface area contributed by atoms with Crippen LogP contribution in [-0.2, 0) is 6.42 Å². The highest BCUT2D eigenvalue weighted by molar-refractivity contribution is 7.12. The van der Waals surface area contributed by atoms with Crippen molar-refractivity contribution in [1.82, 2.24) is 0 Å². The molecule has 0 fully saturated rings. The van der Waals surface area contributed by atoms with E-state index in [1.54, 1.807) is 0 Å². The third kappa shape index (κ3) is 2.74. The molecule has 0 N–H and O–H groups in total. The minimum atomic E-state index is 0.181. The third-order valence-electron chi connectivity index (χ3n) is 2.82. The van der Waals surface area contributed by atoms with Gasteiger partial charge in [0.1, 0.15) is 0 Å². The van der Waals surface area contributed by atoms with Gasteiger partial charge in [0.05, 0.1) is 5.38 Å². The van der Waals surface area contributed by atoms with Gasteiger partial charge in [-0.2, -0.15) is 0 Å². The normalized spacial score (nSPS) is 15.9. The average molecular weight is 231 g/mol. The molecule has 1 aromatic rings. The Morgan fingerprint density at radius 2 is 1.93 bits per heavy atom. The summed E-state index contributed by atoms with van der Waals surface area (Å²) in [6.45, 7) is 8.88. The van der Waals surface area contributed by atoms with Gasteiger partial charge in [0, 0.05) is 9.75 Å². The number of hydrogen-bond donors (Lipinski definition) is 0. The van der Waals surface area contributed by atoms with E-state index in [9.17, 15) is 0 Å². The number of aryl methyl sites for hydroxylation is 1. The van der Waals surface area contributed by atoms with Crippen molar-refractivity contribution in [2.24, 2.45) is 11.8 Å². The molecule has 0 aliphatic heterocycles. The highest BCUT2D eigenvalue weighted by Crippen LogP contribution is 2.37. The molecule has 0 nitrogen and oxygen atoms in total. The molecule has 1 aromatic heterocycles. The Balaban J connectivity index is 2.73. The molecule has 0 saturated heterocycles. The van der Waals surface area contributed by atoms with E-state index in [1.165, 1.54) is 9.75 Å². The number of thiophene rings is 1. The first-order chi connectivity index (χ1) is 6.56. The van der Waals surface area contributed by atoms with Crippen LogP contribution in [0.25, 0.3) is 0 Å². The van der Waals surface area contributed by atoms with Crippen molar-refractivity contribution >= 4 is 22.9 Å². The molecule has 0 saturated carbocycles. The van der Waals surface area contributed by atoms with E-state index in [0.29, 0.717) is 11.8 Å². The zero-order valence-corrected chi connectivity index (χ0v) is 11.0. The fourth-order valence-electron chi connectivity index (χ4n) is 1.33. The molecule has 1 rings (SSSR count). The topological polar surface area (TPSA) is 0 Å². The fourth-order valence-corrected chi connectivity index (χ4v) is 2.87. The van der Waals surface area contributed by atoms with E-state index in [0.717, 1.165) is 6.42 Å². The molecule has 2 unspecified atom stereocenters. The van der Waals surface area contributed by atoms with Crippen molar-refractivity contribution in [3.8, 4) is 0 Å². The van der Waals surface area contributed by atoms with Crippen LogP contribution < -0.4 is 0 Å². The monoisotopic (exact) mass is 230 g/mol. The summed E-state index contributed by atoms with van der Waals surface area (Å²) in [5.74, 6) is 1.18. The first kappa shape index (κ1) is 12.1. The van der Waals surface area contributed by atoms with Gasteiger partial charge in [-0.1, -0.05) is 27.7 Å². The Bertz CT molecular complexity index is 278. The van der Waals surface area contributed by atoms with Gasteiger partial charge in [0.2, 0.25) is 0 Å². The van der Waals surface area contributed by atoms with Crippen molar-refractivity contribution in [3.05, 3.63) is 21.9 Å². The van der Waals surface area contributed by atoms with Gasteiger partial charge in [0.25, 0.3) is 0 Å². The van der Waals surface area contributed by atoms with E-state index in [2.05, 4.69) is 39.8 Å². The SMILES string of the molecule is CCc1ccc(C(Cl)C(C)C(C)C)s1. The van der Waals surface area contributed by atoms with Crippen molar-refractivity contribution in [3.63, 3.8) is 0 Å². The van der Waals surface area contributed by atoms with Crippen LogP contribution in [0.2, 0.25) is 0 Å². The van der Waals surface area contributed by atoms with Gasteiger partial charge < -0.3 is 0 Å². The van der Waals surface area contributed by atoms with Gasteiger partial charge in [-0.05, 0) is 30.4 Å². The lowest BCUT2D eigenvalue weighted by Gasteiger charge is -2.20. The van der Waals surface area contributed by atoms with Crippen LogP contribution in [0.3, 0.4) is 0 Å². The maximum absolute atomic E-state index is 6.43. The fraction of sp³-hybridized carbons (Fsp3) is 0.667. The molecule has 80 valence electrons. The minimum absolute atomic E-state index is 0.181. The maximum atomic E-state index is 6.43. The summed E-state index contributed by atoms with van der Waals surface area (Å²) < 4.78 is 0. The predicted octanol–water partition coefficient (Wildman–Crippen LogP) is 4.88. The third-order valence-corrected chi connectivity index (χ3v) is 4.89. The van der Waals surface area contributed by atoms with Crippen LogP contribution >= 0.6 is 22.9 Å². The minimum Gasteiger partial charge on any atom is -0.144 e. The average Bonchev–Trinajstić information content (AvgIpc) is 2.63. The van der Waals surface area contributed by atoms with Crippen molar-refractivity contribution in [2.75, 3.05) is 0 Å². The zero-order valence-electron chi connectivity index (χ0n) is 9.38. The quantitative estimate of drug-likeness (QED) is 0.647. The molecule has 14 heavy (non-hydrogen) atoms. The summed E-state index contributed by atoms with van der Waals surface area (Å²) >= 11 is 8.29. The molecule has 0 aromatic carbocycles. The van der Waals surface area contributed by atoms with Gasteiger partial charge in [-0.3, -0.25) is 0 Å². The number of rotatable bonds is 4. The smallest absolute Gasteiger partial charge is 0.0706 e. The lowest BCUT2D eigenvalue weighted by atomic mass is 9.94. The molecular weight excluding hydrogens is 212 g/mol. The molecule has 0 radical (unpaired) electrons. The molecule has 0 amide bonds. The Labute approximate surface area is 96.3 Å². The standard InChI is InChI=1S/C12H19ClS/c1-5-10-6-7-11(14-10)12(13)9(4)8(2)3/h6-9,12H,5H2,1-4H3. The summed E-state index contributed by atoms with van der Waals surface area (Å²) in [6.07, 6.45) is 1.12. The molecule has 0 spiro atoms. The first-order valence-electron chi connectivity index (χ1n) is 5.29. The van der Waals surface area contributed by atoms with Crippen LogP contribution in [0.15, 0.2) is 12.1 Å². The van der Waals surface area contributed by atoms with Crippen LogP contribution in [0.1, 0.15) is 42.8 Å². The second-order valence-electron chi connectivity index (χ2n) is 4.16. The number of halogens is 1. The molecule has 1 heterocycles. The van der Waals surface area contributed by atoms with Gasteiger partial charge in [-0.15, -0.1) is 22.9 Å². The summed E-state index contributed by atoms with van der Waals surface area (Å²) in [5, 5.41) is 0.181. The Morgan fingerprint density at radius 1 is 1.29 bits per heavy atom. The largest absolute Gasteiger partial charge is 0.144 e. The van der Waals surface area contributed by atoms with E-state index in [4.69, 9.17) is 11.6 Å². The van der Waals surface area contributed by atoms with Crippen molar-refractivity contribution in [1.29, 1.82) is 0 Å². The van der Waals surface area contributed by atoms with E-state index in [1.807, 2.05) is 11.3 Å². The Hall–Kier alpha value is -0.0100. The lowest BCUT2D eigenvalue weighted by Crippen LogP contribution is -2.09. The van der Waals surface area contributed by atoms with Gasteiger partial charge >= 0.3 is 0 Å². The van der Waals surface area contributed by atoms with E-state index >= 15 is 0 Å². The molecule has 2 atom stereocenters.